The van der Waals surface area contributed by atoms with E-state index in [-0.39, 0.29) is 0 Å². The smallest absolute Gasteiger partial charge is 0.115 e. The van der Waals surface area contributed by atoms with Crippen molar-refractivity contribution in [2.24, 2.45) is 0 Å². The summed E-state index contributed by atoms with van der Waals surface area (Å²) in [5.41, 5.74) is 6.39. The van der Waals surface area contributed by atoms with Crippen molar-refractivity contribution in [1.82, 2.24) is 0 Å². The first-order valence-corrected chi connectivity index (χ1v) is 8.01. The molecule has 2 aromatic carbocycles. The van der Waals surface area contributed by atoms with Gasteiger partial charge in [-0.25, -0.2) is 0 Å². The Morgan fingerprint density at radius 1 is 0.909 bits per heavy atom. The molecule has 1 aliphatic rings. The second-order valence-electron chi connectivity index (χ2n) is 5.91. The van der Waals surface area contributed by atoms with E-state index in [4.69, 9.17) is 0 Å². The Bertz CT molecular complexity index is 711. The van der Waals surface area contributed by atoms with Crippen LogP contribution in [-0.2, 0) is 0 Å². The molecule has 2 N–H and O–H groups in total. The molecule has 0 unspecified atom stereocenters. The summed E-state index contributed by atoms with van der Waals surface area (Å²) < 4.78 is 0. The average Bonchev–Trinajstić information content (AvgIpc) is 2.82. The summed E-state index contributed by atoms with van der Waals surface area (Å²) in [5, 5.41) is 19.4. The molecule has 2 nitrogen and oxygen atoms in total. The number of rotatable bonds is 4. The van der Waals surface area contributed by atoms with E-state index in [1.807, 2.05) is 24.3 Å². The van der Waals surface area contributed by atoms with Crippen molar-refractivity contribution in [3.63, 3.8) is 0 Å². The number of benzene rings is 2. The summed E-state index contributed by atoms with van der Waals surface area (Å²) in [6.07, 6.45) is 3.13. The van der Waals surface area contributed by atoms with Crippen LogP contribution in [0.3, 0.4) is 0 Å². The summed E-state index contributed by atoms with van der Waals surface area (Å²) in [4.78, 5) is 0. The highest BCUT2D eigenvalue weighted by molar-refractivity contribution is 5.99. The van der Waals surface area contributed by atoms with Gasteiger partial charge in [0.2, 0.25) is 0 Å². The summed E-state index contributed by atoms with van der Waals surface area (Å²) in [6, 6.07) is 13.2. The van der Waals surface area contributed by atoms with Crippen LogP contribution in [0.1, 0.15) is 55.7 Å². The molecule has 2 heteroatoms. The van der Waals surface area contributed by atoms with Crippen molar-refractivity contribution in [1.29, 1.82) is 0 Å². The third kappa shape index (κ3) is 2.39. The normalized spacial score (nSPS) is 16.9. The zero-order valence-electron chi connectivity index (χ0n) is 13.1. The average molecular weight is 294 g/mol. The molecule has 0 fully saturated rings. The number of phenols is 2. The standard InChI is InChI=1S/C20H22O2/c1-3-5-18-19-12-15(22)10-11-17(19)16(4-2)20(18)13-6-8-14(21)9-7-13/h6-12,18,21-22H,3-5H2,1-2H3/t18-/m1/s1. The number of hydrogen-bond acceptors (Lipinski definition) is 2. The molecule has 22 heavy (non-hydrogen) atoms. The second kappa shape index (κ2) is 5.88. The molecule has 1 atom stereocenters. The van der Waals surface area contributed by atoms with Gasteiger partial charge in [-0.1, -0.05) is 38.5 Å². The molecule has 2 aromatic rings. The van der Waals surface area contributed by atoms with Crippen molar-refractivity contribution in [2.45, 2.75) is 39.0 Å². The first kappa shape index (κ1) is 14.7. The van der Waals surface area contributed by atoms with E-state index in [9.17, 15) is 10.2 Å². The molecule has 0 aliphatic heterocycles. The van der Waals surface area contributed by atoms with Crippen molar-refractivity contribution < 1.29 is 10.2 Å². The Morgan fingerprint density at radius 2 is 1.59 bits per heavy atom. The third-order valence-corrected chi connectivity index (χ3v) is 4.52. The van der Waals surface area contributed by atoms with E-state index < -0.39 is 0 Å². The van der Waals surface area contributed by atoms with Gasteiger partial charge in [0.15, 0.2) is 0 Å². The fourth-order valence-corrected chi connectivity index (χ4v) is 3.61. The lowest BCUT2D eigenvalue weighted by Crippen LogP contribution is -1.98. The minimum Gasteiger partial charge on any atom is -0.508 e. The molecule has 0 saturated carbocycles. The molecule has 0 amide bonds. The number of allylic oxidation sites excluding steroid dienone is 2. The minimum absolute atomic E-state index is 0.294. The predicted octanol–water partition coefficient (Wildman–Crippen LogP) is 5.32. The van der Waals surface area contributed by atoms with E-state index in [1.165, 1.54) is 27.8 Å². The molecule has 0 bridgehead atoms. The summed E-state index contributed by atoms with van der Waals surface area (Å²) in [7, 11) is 0. The third-order valence-electron chi connectivity index (χ3n) is 4.52. The van der Waals surface area contributed by atoms with E-state index in [1.54, 1.807) is 18.2 Å². The number of aromatic hydroxyl groups is 2. The molecular weight excluding hydrogens is 272 g/mol. The highest BCUT2D eigenvalue weighted by Gasteiger charge is 2.30. The Kier molecular flexibility index (Phi) is 3.93. The molecular formula is C20H22O2. The SMILES string of the molecule is CCC[C@H]1C(c2ccc(O)cc2)=C(CC)c2ccc(O)cc21. The Labute approximate surface area is 131 Å². The lowest BCUT2D eigenvalue weighted by atomic mass is 9.87. The van der Waals surface area contributed by atoms with Gasteiger partial charge in [0, 0.05) is 5.92 Å². The fraction of sp³-hybridized carbons (Fsp3) is 0.300. The lowest BCUT2D eigenvalue weighted by molar-refractivity contribution is 0.474. The van der Waals surface area contributed by atoms with Gasteiger partial charge in [-0.2, -0.15) is 0 Å². The van der Waals surface area contributed by atoms with Gasteiger partial charge in [-0.15, -0.1) is 0 Å². The van der Waals surface area contributed by atoms with Crippen LogP contribution in [-0.4, -0.2) is 10.2 Å². The van der Waals surface area contributed by atoms with E-state index in [0.29, 0.717) is 17.4 Å². The van der Waals surface area contributed by atoms with Crippen molar-refractivity contribution in [2.75, 3.05) is 0 Å². The van der Waals surface area contributed by atoms with Gasteiger partial charge in [-0.05, 0) is 64.9 Å². The maximum atomic E-state index is 9.88. The van der Waals surface area contributed by atoms with Crippen LogP contribution in [0.15, 0.2) is 42.5 Å². The summed E-state index contributed by atoms with van der Waals surface area (Å²) in [6.45, 7) is 4.38. The summed E-state index contributed by atoms with van der Waals surface area (Å²) >= 11 is 0. The second-order valence-corrected chi connectivity index (χ2v) is 5.91. The molecule has 1 aliphatic carbocycles. The maximum Gasteiger partial charge on any atom is 0.115 e. The minimum atomic E-state index is 0.294. The van der Waals surface area contributed by atoms with Crippen LogP contribution in [0.4, 0.5) is 0 Å². The Morgan fingerprint density at radius 3 is 2.23 bits per heavy atom. The van der Waals surface area contributed by atoms with Gasteiger partial charge < -0.3 is 10.2 Å². The van der Waals surface area contributed by atoms with E-state index in [2.05, 4.69) is 13.8 Å². The number of hydrogen-bond donors (Lipinski definition) is 2. The maximum absolute atomic E-state index is 9.88. The highest BCUT2D eigenvalue weighted by atomic mass is 16.3. The largest absolute Gasteiger partial charge is 0.508 e. The van der Waals surface area contributed by atoms with Crippen LogP contribution in [0, 0.1) is 0 Å². The first-order chi connectivity index (χ1) is 10.7. The molecule has 3 rings (SSSR count). The first-order valence-electron chi connectivity index (χ1n) is 8.01. The van der Waals surface area contributed by atoms with Crippen molar-refractivity contribution in [3.05, 3.63) is 59.2 Å². The quantitative estimate of drug-likeness (QED) is 0.801. The van der Waals surface area contributed by atoms with Crippen LogP contribution >= 0.6 is 0 Å². The molecule has 0 saturated heterocycles. The Balaban J connectivity index is 2.18. The number of fused-ring (bicyclic) bond motifs is 1. The van der Waals surface area contributed by atoms with Crippen molar-refractivity contribution >= 4 is 11.1 Å². The number of phenolic OH excluding ortho intramolecular Hbond substituents is 2. The fourth-order valence-electron chi connectivity index (χ4n) is 3.61. The van der Waals surface area contributed by atoms with Gasteiger partial charge in [0.05, 0.1) is 0 Å². The zero-order chi connectivity index (χ0) is 15.7. The van der Waals surface area contributed by atoms with Crippen LogP contribution < -0.4 is 0 Å². The van der Waals surface area contributed by atoms with Gasteiger partial charge in [0.25, 0.3) is 0 Å². The van der Waals surface area contributed by atoms with Crippen LogP contribution in [0.25, 0.3) is 11.1 Å². The monoisotopic (exact) mass is 294 g/mol. The predicted molar refractivity (Wildman–Crippen MR) is 91.0 cm³/mol. The topological polar surface area (TPSA) is 40.5 Å². The van der Waals surface area contributed by atoms with Gasteiger partial charge in [-0.3, -0.25) is 0 Å². The van der Waals surface area contributed by atoms with Crippen LogP contribution in [0.2, 0.25) is 0 Å². The Hall–Kier alpha value is -2.22. The zero-order valence-corrected chi connectivity index (χ0v) is 13.1. The van der Waals surface area contributed by atoms with Crippen molar-refractivity contribution in [3.8, 4) is 11.5 Å². The van der Waals surface area contributed by atoms with E-state index >= 15 is 0 Å². The highest BCUT2D eigenvalue weighted by Crippen LogP contribution is 2.51. The summed E-state index contributed by atoms with van der Waals surface area (Å²) in [5.74, 6) is 0.955. The molecule has 0 aromatic heterocycles. The molecule has 114 valence electrons. The molecule has 0 radical (unpaired) electrons. The lowest BCUT2D eigenvalue weighted by Gasteiger charge is -2.17. The van der Waals surface area contributed by atoms with Crippen LogP contribution in [0.5, 0.6) is 11.5 Å². The molecule has 0 spiro atoms. The van der Waals surface area contributed by atoms with Gasteiger partial charge in [0.1, 0.15) is 11.5 Å². The van der Waals surface area contributed by atoms with Gasteiger partial charge >= 0.3 is 0 Å². The van der Waals surface area contributed by atoms with E-state index in [0.717, 1.165) is 19.3 Å². The molecule has 0 heterocycles.